The third kappa shape index (κ3) is 3.61. The first-order chi connectivity index (χ1) is 8.84. The van der Waals surface area contributed by atoms with E-state index < -0.39 is 12.0 Å². The first-order valence-electron chi connectivity index (χ1n) is 5.88. The highest BCUT2D eigenvalue weighted by molar-refractivity contribution is 5.88. The van der Waals surface area contributed by atoms with Crippen molar-refractivity contribution >= 4 is 23.3 Å². The van der Waals surface area contributed by atoms with Gasteiger partial charge < -0.3 is 20.6 Å². The van der Waals surface area contributed by atoms with E-state index in [0.717, 1.165) is 0 Å². The molecule has 0 spiro atoms. The van der Waals surface area contributed by atoms with Crippen molar-refractivity contribution in [1.29, 1.82) is 0 Å². The summed E-state index contributed by atoms with van der Waals surface area (Å²) in [7, 11) is 3.26. The van der Waals surface area contributed by atoms with Crippen molar-refractivity contribution in [3.05, 3.63) is 24.3 Å². The molecule has 1 aromatic rings. The molecule has 1 atom stereocenters. The Bertz CT molecular complexity index is 474. The van der Waals surface area contributed by atoms with Crippen LogP contribution in [0, 0.1) is 0 Å². The maximum atomic E-state index is 12.0. The van der Waals surface area contributed by atoms with Crippen molar-refractivity contribution < 1.29 is 14.7 Å². The van der Waals surface area contributed by atoms with Crippen molar-refractivity contribution in [1.82, 2.24) is 4.90 Å². The smallest absolute Gasteiger partial charge is 0.323 e. The van der Waals surface area contributed by atoms with Crippen molar-refractivity contribution in [2.75, 3.05) is 31.3 Å². The lowest BCUT2D eigenvalue weighted by Gasteiger charge is -2.31. The van der Waals surface area contributed by atoms with Gasteiger partial charge in [0, 0.05) is 14.1 Å². The largest absolute Gasteiger partial charge is 0.480 e. The van der Waals surface area contributed by atoms with Gasteiger partial charge in [-0.15, -0.1) is 0 Å². The number of nitrogen functional groups attached to an aromatic ring is 1. The summed E-state index contributed by atoms with van der Waals surface area (Å²) >= 11 is 0. The van der Waals surface area contributed by atoms with Crippen LogP contribution >= 0.6 is 0 Å². The molecule has 0 heterocycles. The quantitative estimate of drug-likeness (QED) is 0.763. The molecule has 0 bridgehead atoms. The number of anilines is 2. The van der Waals surface area contributed by atoms with Gasteiger partial charge in [0.2, 0.25) is 5.91 Å². The van der Waals surface area contributed by atoms with Gasteiger partial charge in [-0.05, 0) is 19.1 Å². The van der Waals surface area contributed by atoms with Crippen LogP contribution in [0.15, 0.2) is 24.3 Å². The van der Waals surface area contributed by atoms with Crippen LogP contribution in [0.2, 0.25) is 0 Å². The van der Waals surface area contributed by atoms with Gasteiger partial charge >= 0.3 is 5.97 Å². The van der Waals surface area contributed by atoms with Crippen LogP contribution in [-0.2, 0) is 9.59 Å². The first-order valence-corrected chi connectivity index (χ1v) is 5.88. The standard InChI is InChI=1S/C13H19N3O3/c1-9(13(19)15(2)3)16(8-12(17)18)11-7-5-4-6-10(11)14/h4-7,9H,8,14H2,1-3H3,(H,17,18). The Balaban J connectivity index is 3.12. The van der Waals surface area contributed by atoms with Crippen molar-refractivity contribution in [2.45, 2.75) is 13.0 Å². The van der Waals surface area contributed by atoms with Gasteiger partial charge in [0.05, 0.1) is 11.4 Å². The highest BCUT2D eigenvalue weighted by Crippen LogP contribution is 2.24. The number of nitrogens with two attached hydrogens (primary N) is 1. The summed E-state index contributed by atoms with van der Waals surface area (Å²) in [5.74, 6) is -1.19. The van der Waals surface area contributed by atoms with E-state index in [-0.39, 0.29) is 12.5 Å². The zero-order chi connectivity index (χ0) is 14.6. The second-order valence-corrected chi connectivity index (χ2v) is 4.49. The maximum Gasteiger partial charge on any atom is 0.323 e. The monoisotopic (exact) mass is 265 g/mol. The number of hydrogen-bond donors (Lipinski definition) is 2. The van der Waals surface area contributed by atoms with E-state index in [1.165, 1.54) is 9.80 Å². The van der Waals surface area contributed by atoms with Gasteiger partial charge in [0.15, 0.2) is 0 Å². The predicted molar refractivity (Wildman–Crippen MR) is 74.0 cm³/mol. The number of nitrogens with zero attached hydrogens (tertiary/aromatic N) is 2. The van der Waals surface area contributed by atoms with E-state index in [1.54, 1.807) is 45.3 Å². The van der Waals surface area contributed by atoms with Crippen LogP contribution < -0.4 is 10.6 Å². The highest BCUT2D eigenvalue weighted by Gasteiger charge is 2.25. The molecule has 0 aliphatic carbocycles. The van der Waals surface area contributed by atoms with Gasteiger partial charge in [-0.3, -0.25) is 9.59 Å². The van der Waals surface area contributed by atoms with Gasteiger partial charge in [-0.2, -0.15) is 0 Å². The molecule has 1 unspecified atom stereocenters. The Morgan fingerprint density at radius 2 is 1.89 bits per heavy atom. The second kappa shape index (κ2) is 6.08. The number of hydrogen-bond acceptors (Lipinski definition) is 4. The minimum absolute atomic E-state index is 0.176. The number of likely N-dealkylation sites (N-methyl/N-ethyl adjacent to an activating group) is 1. The van der Waals surface area contributed by atoms with Gasteiger partial charge in [-0.1, -0.05) is 12.1 Å². The number of carboxylic acids is 1. The van der Waals surface area contributed by atoms with Gasteiger partial charge in [0.25, 0.3) is 0 Å². The summed E-state index contributed by atoms with van der Waals surface area (Å²) < 4.78 is 0. The average Bonchev–Trinajstić information content (AvgIpc) is 2.34. The number of rotatable bonds is 5. The van der Waals surface area contributed by atoms with Crippen LogP contribution in [0.5, 0.6) is 0 Å². The predicted octanol–water partition coefficient (Wildman–Crippen LogP) is 0.636. The van der Waals surface area contributed by atoms with E-state index in [4.69, 9.17) is 10.8 Å². The molecule has 0 aliphatic heterocycles. The van der Waals surface area contributed by atoms with Crippen LogP contribution in [0.4, 0.5) is 11.4 Å². The first kappa shape index (κ1) is 14.8. The fourth-order valence-electron chi connectivity index (χ4n) is 1.83. The number of benzene rings is 1. The summed E-state index contributed by atoms with van der Waals surface area (Å²) in [5.41, 5.74) is 6.85. The fourth-order valence-corrected chi connectivity index (χ4v) is 1.83. The molecule has 6 nitrogen and oxygen atoms in total. The van der Waals surface area contributed by atoms with Crippen molar-refractivity contribution in [2.24, 2.45) is 0 Å². The molecule has 0 fully saturated rings. The van der Waals surface area contributed by atoms with Gasteiger partial charge in [-0.25, -0.2) is 0 Å². The molecule has 104 valence electrons. The normalized spacial score (nSPS) is 11.7. The number of carbonyl (C=O) groups excluding carboxylic acids is 1. The maximum absolute atomic E-state index is 12.0. The molecule has 1 rings (SSSR count). The molecular weight excluding hydrogens is 246 g/mol. The summed E-state index contributed by atoms with van der Waals surface area (Å²) in [4.78, 5) is 25.9. The van der Waals surface area contributed by atoms with E-state index in [1.807, 2.05) is 0 Å². The third-order valence-electron chi connectivity index (χ3n) is 2.82. The molecule has 1 aromatic carbocycles. The zero-order valence-corrected chi connectivity index (χ0v) is 11.3. The van der Waals surface area contributed by atoms with Crippen molar-refractivity contribution in [3.8, 4) is 0 Å². The van der Waals surface area contributed by atoms with Crippen molar-refractivity contribution in [3.63, 3.8) is 0 Å². The van der Waals surface area contributed by atoms with E-state index >= 15 is 0 Å². The number of aliphatic carboxylic acids is 1. The van der Waals surface area contributed by atoms with E-state index in [2.05, 4.69) is 0 Å². The SMILES string of the molecule is CC(C(=O)N(C)C)N(CC(=O)O)c1ccccc1N. The molecule has 6 heteroatoms. The lowest BCUT2D eigenvalue weighted by atomic mass is 10.1. The Morgan fingerprint density at radius 3 is 2.37 bits per heavy atom. The Labute approximate surface area is 112 Å². The Hall–Kier alpha value is -2.24. The Kier molecular flexibility index (Phi) is 4.74. The topological polar surface area (TPSA) is 86.9 Å². The summed E-state index contributed by atoms with van der Waals surface area (Å²) in [5, 5.41) is 9.00. The molecule has 0 saturated carbocycles. The lowest BCUT2D eigenvalue weighted by Crippen LogP contribution is -2.47. The molecule has 0 saturated heterocycles. The summed E-state index contributed by atoms with van der Waals surface area (Å²) in [6.45, 7) is 1.38. The second-order valence-electron chi connectivity index (χ2n) is 4.49. The summed E-state index contributed by atoms with van der Waals surface area (Å²) in [6, 6.07) is 6.30. The molecule has 1 amide bonds. The number of para-hydroxylation sites is 2. The lowest BCUT2D eigenvalue weighted by molar-refractivity contribution is -0.135. The zero-order valence-electron chi connectivity index (χ0n) is 11.3. The number of carboxylic acid groups (broad SMARTS) is 1. The minimum atomic E-state index is -1.01. The highest BCUT2D eigenvalue weighted by atomic mass is 16.4. The number of amides is 1. The van der Waals surface area contributed by atoms with Crippen LogP contribution in [0.25, 0.3) is 0 Å². The third-order valence-corrected chi connectivity index (χ3v) is 2.82. The molecule has 3 N–H and O–H groups in total. The summed E-state index contributed by atoms with van der Waals surface area (Å²) in [6.07, 6.45) is 0. The molecule has 0 radical (unpaired) electrons. The molecule has 0 aromatic heterocycles. The molecule has 19 heavy (non-hydrogen) atoms. The fraction of sp³-hybridized carbons (Fsp3) is 0.385. The van der Waals surface area contributed by atoms with Gasteiger partial charge in [0.1, 0.15) is 12.6 Å². The van der Waals surface area contributed by atoms with E-state index in [9.17, 15) is 9.59 Å². The van der Waals surface area contributed by atoms with Crippen LogP contribution in [0.1, 0.15) is 6.92 Å². The molecular formula is C13H19N3O3. The Morgan fingerprint density at radius 1 is 1.32 bits per heavy atom. The van der Waals surface area contributed by atoms with E-state index in [0.29, 0.717) is 11.4 Å². The van der Waals surface area contributed by atoms with Crippen LogP contribution in [0.3, 0.4) is 0 Å². The van der Waals surface area contributed by atoms with Crippen LogP contribution in [-0.4, -0.2) is 48.6 Å². The average molecular weight is 265 g/mol. The molecule has 0 aliphatic rings. The number of carbonyl (C=O) groups is 2. The minimum Gasteiger partial charge on any atom is -0.480 e.